The first-order chi connectivity index (χ1) is 6.02. The third kappa shape index (κ3) is 4.41. The van der Waals surface area contributed by atoms with E-state index in [-0.39, 0.29) is 11.7 Å². The fourth-order valence-electron chi connectivity index (χ4n) is 1.52. The molecule has 0 aromatic heterocycles. The third-order valence-corrected chi connectivity index (χ3v) is 2.43. The van der Waals surface area contributed by atoms with Crippen LogP contribution in [0.2, 0.25) is 0 Å². The number of aliphatic hydroxyl groups excluding tert-OH is 1. The first-order valence-electron chi connectivity index (χ1n) is 5.23. The maximum Gasteiger partial charge on any atom is 0.161 e. The van der Waals surface area contributed by atoms with Crippen LogP contribution in [-0.2, 0) is 4.79 Å². The minimum Gasteiger partial charge on any atom is -0.385 e. The van der Waals surface area contributed by atoms with Crippen LogP contribution in [0.4, 0.5) is 0 Å². The predicted molar refractivity (Wildman–Crippen MR) is 54.5 cm³/mol. The van der Waals surface area contributed by atoms with Gasteiger partial charge in [-0.3, -0.25) is 4.79 Å². The van der Waals surface area contributed by atoms with Crippen LogP contribution in [-0.4, -0.2) is 17.0 Å². The van der Waals surface area contributed by atoms with E-state index in [4.69, 9.17) is 0 Å². The van der Waals surface area contributed by atoms with Crippen molar-refractivity contribution in [2.24, 2.45) is 11.8 Å². The van der Waals surface area contributed by atoms with Crippen molar-refractivity contribution in [3.8, 4) is 0 Å². The first-order valence-corrected chi connectivity index (χ1v) is 5.23. The maximum absolute atomic E-state index is 11.5. The Morgan fingerprint density at radius 2 is 1.69 bits per heavy atom. The fraction of sp³-hybridized carbons (Fsp3) is 0.909. The van der Waals surface area contributed by atoms with Crippen molar-refractivity contribution < 1.29 is 9.90 Å². The number of hydrogen-bond acceptors (Lipinski definition) is 2. The van der Waals surface area contributed by atoms with E-state index in [0.29, 0.717) is 12.3 Å². The van der Waals surface area contributed by atoms with E-state index in [0.717, 1.165) is 12.8 Å². The second kappa shape index (κ2) is 6.14. The molecule has 0 spiro atoms. The van der Waals surface area contributed by atoms with Gasteiger partial charge in [0.1, 0.15) is 6.10 Å². The summed E-state index contributed by atoms with van der Waals surface area (Å²) >= 11 is 0. The highest BCUT2D eigenvalue weighted by atomic mass is 16.3. The Morgan fingerprint density at radius 3 is 2.00 bits per heavy atom. The molecular formula is C11H22O2. The fourth-order valence-corrected chi connectivity index (χ4v) is 1.52. The molecule has 0 aliphatic heterocycles. The highest BCUT2D eigenvalue weighted by Crippen LogP contribution is 2.16. The monoisotopic (exact) mass is 186 g/mol. The van der Waals surface area contributed by atoms with Gasteiger partial charge in [-0.05, 0) is 11.8 Å². The number of carbonyl (C=O) groups is 1. The lowest BCUT2D eigenvalue weighted by Crippen LogP contribution is -2.29. The number of Topliss-reactive ketones (excluding diaryl/α,β-unsaturated/α-hetero) is 1. The molecule has 78 valence electrons. The number of hydrogen-bond donors (Lipinski definition) is 1. The normalized spacial score (nSPS) is 13.8. The minimum absolute atomic E-state index is 0.00343. The van der Waals surface area contributed by atoms with Gasteiger partial charge in [0.25, 0.3) is 0 Å². The molecule has 0 aromatic carbocycles. The van der Waals surface area contributed by atoms with Crippen molar-refractivity contribution in [2.45, 2.75) is 53.1 Å². The van der Waals surface area contributed by atoms with Gasteiger partial charge in [0, 0.05) is 6.42 Å². The molecule has 0 saturated carbocycles. The smallest absolute Gasteiger partial charge is 0.161 e. The molecule has 0 bridgehead atoms. The van der Waals surface area contributed by atoms with E-state index in [1.165, 1.54) is 0 Å². The molecule has 2 heteroatoms. The second-order valence-electron chi connectivity index (χ2n) is 4.09. The number of ketones is 1. The Morgan fingerprint density at radius 1 is 1.23 bits per heavy atom. The van der Waals surface area contributed by atoms with Gasteiger partial charge in [0.05, 0.1) is 0 Å². The summed E-state index contributed by atoms with van der Waals surface area (Å²) in [7, 11) is 0. The topological polar surface area (TPSA) is 37.3 Å². The highest BCUT2D eigenvalue weighted by molar-refractivity contribution is 5.83. The lowest BCUT2D eigenvalue weighted by molar-refractivity contribution is -0.130. The van der Waals surface area contributed by atoms with Crippen LogP contribution >= 0.6 is 0 Å². The molecule has 0 aliphatic carbocycles. The summed E-state index contributed by atoms with van der Waals surface area (Å²) in [5.41, 5.74) is 0. The number of rotatable bonds is 6. The van der Waals surface area contributed by atoms with Crippen molar-refractivity contribution in [3.63, 3.8) is 0 Å². The van der Waals surface area contributed by atoms with Gasteiger partial charge >= 0.3 is 0 Å². The van der Waals surface area contributed by atoms with E-state index >= 15 is 0 Å². The van der Waals surface area contributed by atoms with E-state index in [1.807, 2.05) is 27.7 Å². The van der Waals surface area contributed by atoms with Gasteiger partial charge in [-0.1, -0.05) is 40.5 Å². The molecule has 0 saturated heterocycles. The Kier molecular flexibility index (Phi) is 5.97. The van der Waals surface area contributed by atoms with Gasteiger partial charge < -0.3 is 5.11 Å². The van der Waals surface area contributed by atoms with Crippen molar-refractivity contribution in [3.05, 3.63) is 0 Å². The summed E-state index contributed by atoms with van der Waals surface area (Å²) in [6.07, 6.45) is 1.51. The zero-order valence-corrected chi connectivity index (χ0v) is 9.21. The summed E-state index contributed by atoms with van der Waals surface area (Å²) < 4.78 is 0. The molecule has 2 nitrogen and oxygen atoms in total. The average Bonchev–Trinajstić information content (AvgIpc) is 2.05. The summed E-state index contributed by atoms with van der Waals surface area (Å²) in [5, 5.41) is 9.68. The van der Waals surface area contributed by atoms with Gasteiger partial charge in [-0.15, -0.1) is 0 Å². The maximum atomic E-state index is 11.5. The van der Waals surface area contributed by atoms with Crippen molar-refractivity contribution in [2.75, 3.05) is 0 Å². The van der Waals surface area contributed by atoms with E-state index in [2.05, 4.69) is 0 Å². The summed E-state index contributed by atoms with van der Waals surface area (Å²) in [6, 6.07) is 0. The molecule has 13 heavy (non-hydrogen) atoms. The van der Waals surface area contributed by atoms with E-state index in [9.17, 15) is 9.90 Å². The summed E-state index contributed by atoms with van der Waals surface area (Å²) in [4.78, 5) is 11.5. The molecule has 0 amide bonds. The van der Waals surface area contributed by atoms with Crippen molar-refractivity contribution >= 4 is 5.78 Å². The lowest BCUT2D eigenvalue weighted by Gasteiger charge is -2.19. The average molecular weight is 186 g/mol. The molecule has 0 aromatic rings. The van der Waals surface area contributed by atoms with Crippen LogP contribution in [0.1, 0.15) is 47.0 Å². The number of aliphatic hydroxyl groups is 1. The Labute approximate surface area is 81.3 Å². The van der Waals surface area contributed by atoms with E-state index < -0.39 is 6.10 Å². The number of carbonyl (C=O) groups excluding carboxylic acids is 1. The minimum atomic E-state index is -0.739. The van der Waals surface area contributed by atoms with Crippen LogP contribution in [0, 0.1) is 11.8 Å². The van der Waals surface area contributed by atoms with Crippen LogP contribution in [0.5, 0.6) is 0 Å². The second-order valence-corrected chi connectivity index (χ2v) is 4.09. The van der Waals surface area contributed by atoms with Crippen molar-refractivity contribution in [1.82, 2.24) is 0 Å². The summed E-state index contributed by atoms with van der Waals surface area (Å²) in [6.45, 7) is 8.02. The Balaban J connectivity index is 4.07. The molecular weight excluding hydrogens is 164 g/mol. The predicted octanol–water partition coefficient (Wildman–Crippen LogP) is 2.40. The SMILES string of the molecule is CCC(CC)C(O)C(=O)CC(C)C. The standard InChI is InChI=1S/C11H22O2/c1-5-9(6-2)11(13)10(12)7-8(3)4/h8-9,11,13H,5-7H2,1-4H3. The van der Waals surface area contributed by atoms with Crippen LogP contribution in [0.15, 0.2) is 0 Å². The van der Waals surface area contributed by atoms with Gasteiger partial charge in [-0.2, -0.15) is 0 Å². The largest absolute Gasteiger partial charge is 0.385 e. The van der Waals surface area contributed by atoms with Crippen LogP contribution in [0.25, 0.3) is 0 Å². The molecule has 1 unspecified atom stereocenters. The highest BCUT2D eigenvalue weighted by Gasteiger charge is 2.23. The molecule has 0 radical (unpaired) electrons. The lowest BCUT2D eigenvalue weighted by atomic mass is 9.90. The van der Waals surface area contributed by atoms with Crippen molar-refractivity contribution in [1.29, 1.82) is 0 Å². The van der Waals surface area contributed by atoms with Crippen LogP contribution in [0.3, 0.4) is 0 Å². The van der Waals surface area contributed by atoms with E-state index in [1.54, 1.807) is 0 Å². The molecule has 1 N–H and O–H groups in total. The third-order valence-electron chi connectivity index (χ3n) is 2.43. The summed E-state index contributed by atoms with van der Waals surface area (Å²) in [5.74, 6) is 0.492. The first kappa shape index (κ1) is 12.6. The quantitative estimate of drug-likeness (QED) is 0.691. The Bertz CT molecular complexity index is 148. The van der Waals surface area contributed by atoms with Crippen LogP contribution < -0.4 is 0 Å². The molecule has 0 heterocycles. The zero-order valence-electron chi connectivity index (χ0n) is 9.21. The Hall–Kier alpha value is -0.370. The van der Waals surface area contributed by atoms with Gasteiger partial charge in [-0.25, -0.2) is 0 Å². The molecule has 1 atom stereocenters. The molecule has 0 aliphatic rings. The zero-order chi connectivity index (χ0) is 10.4. The molecule has 0 fully saturated rings. The molecule has 0 rings (SSSR count). The van der Waals surface area contributed by atoms with Gasteiger partial charge in [0.15, 0.2) is 5.78 Å². The van der Waals surface area contributed by atoms with Gasteiger partial charge in [0.2, 0.25) is 0 Å².